The predicted molar refractivity (Wildman–Crippen MR) is 112 cm³/mol. The van der Waals surface area contributed by atoms with E-state index in [0.717, 1.165) is 17.7 Å². The third-order valence-corrected chi connectivity index (χ3v) is 5.21. The molecule has 1 amide bonds. The molecule has 0 aliphatic carbocycles. The normalized spacial score (nSPS) is 10.8. The van der Waals surface area contributed by atoms with Crippen LogP contribution >= 0.6 is 11.8 Å². The summed E-state index contributed by atoms with van der Waals surface area (Å²) in [6.45, 7) is 3.00. The van der Waals surface area contributed by atoms with Crippen molar-refractivity contribution < 1.29 is 9.53 Å². The zero-order valence-electron chi connectivity index (χ0n) is 16.0. The lowest BCUT2D eigenvalue weighted by Crippen LogP contribution is -2.26. The average Bonchev–Trinajstić information content (AvgIpc) is 2.73. The summed E-state index contributed by atoms with van der Waals surface area (Å²) in [5, 5.41) is 4.06. The number of nitrogens with zero attached hydrogens (tertiary/aromatic N) is 2. The SMILES string of the molecule is CCCn1c(SCC(=O)NCc2cccc(OC)c2)nc2ccccc2c1=O. The van der Waals surface area contributed by atoms with Gasteiger partial charge in [-0.05, 0) is 36.2 Å². The van der Waals surface area contributed by atoms with E-state index in [4.69, 9.17) is 4.74 Å². The van der Waals surface area contributed by atoms with E-state index in [0.29, 0.717) is 29.1 Å². The highest BCUT2D eigenvalue weighted by atomic mass is 32.2. The molecule has 1 aromatic heterocycles. The molecule has 0 fully saturated rings. The van der Waals surface area contributed by atoms with Gasteiger partial charge >= 0.3 is 0 Å². The fraction of sp³-hybridized carbons (Fsp3) is 0.286. The molecular formula is C21H23N3O3S. The highest BCUT2D eigenvalue weighted by Gasteiger charge is 2.12. The quantitative estimate of drug-likeness (QED) is 0.467. The average molecular weight is 398 g/mol. The summed E-state index contributed by atoms with van der Waals surface area (Å²) in [6, 6.07) is 14.9. The van der Waals surface area contributed by atoms with Crippen LogP contribution < -0.4 is 15.6 Å². The lowest BCUT2D eigenvalue weighted by molar-refractivity contribution is -0.118. The number of nitrogens with one attached hydrogen (secondary N) is 1. The maximum atomic E-state index is 12.8. The maximum Gasteiger partial charge on any atom is 0.262 e. The minimum Gasteiger partial charge on any atom is -0.497 e. The van der Waals surface area contributed by atoms with Gasteiger partial charge in [0.05, 0.1) is 23.8 Å². The number of aromatic nitrogens is 2. The molecule has 7 heteroatoms. The number of methoxy groups -OCH3 is 1. The number of fused-ring (bicyclic) bond motifs is 1. The fourth-order valence-corrected chi connectivity index (χ4v) is 3.70. The van der Waals surface area contributed by atoms with Crippen LogP contribution in [0.3, 0.4) is 0 Å². The van der Waals surface area contributed by atoms with Crippen LogP contribution in [0.4, 0.5) is 0 Å². The Bertz CT molecular complexity index is 1030. The maximum absolute atomic E-state index is 12.8. The molecule has 0 aliphatic rings. The van der Waals surface area contributed by atoms with Gasteiger partial charge in [-0.1, -0.05) is 43.0 Å². The van der Waals surface area contributed by atoms with Crippen LogP contribution in [-0.2, 0) is 17.9 Å². The zero-order valence-corrected chi connectivity index (χ0v) is 16.8. The van der Waals surface area contributed by atoms with E-state index in [1.54, 1.807) is 17.7 Å². The van der Waals surface area contributed by atoms with Crippen LogP contribution in [0.15, 0.2) is 58.5 Å². The van der Waals surface area contributed by atoms with Crippen molar-refractivity contribution in [3.63, 3.8) is 0 Å². The molecule has 0 atom stereocenters. The van der Waals surface area contributed by atoms with Crippen molar-refractivity contribution in [2.45, 2.75) is 31.6 Å². The molecule has 146 valence electrons. The van der Waals surface area contributed by atoms with Crippen LogP contribution in [0, 0.1) is 0 Å². The number of para-hydroxylation sites is 1. The molecule has 0 unspecified atom stereocenters. The molecule has 1 N–H and O–H groups in total. The van der Waals surface area contributed by atoms with Crippen LogP contribution in [-0.4, -0.2) is 28.3 Å². The van der Waals surface area contributed by atoms with Gasteiger partial charge < -0.3 is 10.1 Å². The Morgan fingerprint density at radius 2 is 2.04 bits per heavy atom. The first-order valence-corrected chi connectivity index (χ1v) is 10.1. The number of thioether (sulfide) groups is 1. The van der Waals surface area contributed by atoms with Crippen molar-refractivity contribution >= 4 is 28.6 Å². The lowest BCUT2D eigenvalue weighted by atomic mass is 10.2. The molecule has 0 saturated heterocycles. The molecule has 0 spiro atoms. The van der Waals surface area contributed by atoms with Gasteiger partial charge in [-0.25, -0.2) is 4.98 Å². The van der Waals surface area contributed by atoms with Gasteiger partial charge in [0.15, 0.2) is 5.16 Å². The van der Waals surface area contributed by atoms with E-state index in [1.165, 1.54) is 11.8 Å². The zero-order chi connectivity index (χ0) is 19.9. The summed E-state index contributed by atoms with van der Waals surface area (Å²) in [5.74, 6) is 0.835. The standard InChI is InChI=1S/C21H23N3O3S/c1-3-11-24-20(26)17-9-4-5-10-18(17)23-21(24)28-14-19(25)22-13-15-7-6-8-16(12-15)27-2/h4-10,12H,3,11,13-14H2,1-2H3,(H,22,25). The number of hydrogen-bond acceptors (Lipinski definition) is 5. The molecule has 0 saturated carbocycles. The van der Waals surface area contributed by atoms with Crippen molar-refractivity contribution in [1.29, 1.82) is 0 Å². The lowest BCUT2D eigenvalue weighted by Gasteiger charge is -2.12. The second kappa shape index (κ2) is 9.41. The van der Waals surface area contributed by atoms with E-state index in [2.05, 4.69) is 10.3 Å². The number of rotatable bonds is 8. The fourth-order valence-electron chi connectivity index (χ4n) is 2.84. The number of carbonyl (C=O) groups excluding carboxylic acids is 1. The van der Waals surface area contributed by atoms with Gasteiger partial charge in [0.25, 0.3) is 5.56 Å². The Morgan fingerprint density at radius 1 is 1.21 bits per heavy atom. The van der Waals surface area contributed by atoms with E-state index in [-0.39, 0.29) is 17.2 Å². The van der Waals surface area contributed by atoms with E-state index in [9.17, 15) is 9.59 Å². The van der Waals surface area contributed by atoms with Gasteiger partial charge in [-0.3, -0.25) is 14.2 Å². The third-order valence-electron chi connectivity index (χ3n) is 4.23. The summed E-state index contributed by atoms with van der Waals surface area (Å²) >= 11 is 1.28. The smallest absolute Gasteiger partial charge is 0.262 e. The number of amides is 1. The number of benzene rings is 2. The molecule has 1 heterocycles. The van der Waals surface area contributed by atoms with Gasteiger partial charge in [0.1, 0.15) is 5.75 Å². The second-order valence-corrected chi connectivity index (χ2v) is 7.23. The predicted octanol–water partition coefficient (Wildman–Crippen LogP) is 3.22. The van der Waals surface area contributed by atoms with E-state index >= 15 is 0 Å². The number of carbonyl (C=O) groups is 1. The first-order chi connectivity index (χ1) is 13.6. The Balaban J connectivity index is 1.69. The minimum atomic E-state index is -0.113. The van der Waals surface area contributed by atoms with Crippen LogP contribution in [0.25, 0.3) is 10.9 Å². The highest BCUT2D eigenvalue weighted by Crippen LogP contribution is 2.18. The summed E-state index contributed by atoms with van der Waals surface area (Å²) in [6.07, 6.45) is 0.815. The first kappa shape index (κ1) is 19.9. The van der Waals surface area contributed by atoms with E-state index in [1.807, 2.05) is 49.4 Å². The van der Waals surface area contributed by atoms with Crippen LogP contribution in [0.5, 0.6) is 5.75 Å². The Hall–Kier alpha value is -2.80. The summed E-state index contributed by atoms with van der Waals surface area (Å²) < 4.78 is 6.85. The number of hydrogen-bond donors (Lipinski definition) is 1. The Kier molecular flexibility index (Phi) is 6.71. The summed E-state index contributed by atoms with van der Waals surface area (Å²) in [5.41, 5.74) is 1.55. The highest BCUT2D eigenvalue weighted by molar-refractivity contribution is 7.99. The van der Waals surface area contributed by atoms with Crippen molar-refractivity contribution in [1.82, 2.24) is 14.9 Å². The molecule has 28 heavy (non-hydrogen) atoms. The summed E-state index contributed by atoms with van der Waals surface area (Å²) in [4.78, 5) is 29.6. The third kappa shape index (κ3) is 4.72. The monoisotopic (exact) mass is 397 g/mol. The van der Waals surface area contributed by atoms with Crippen LogP contribution in [0.2, 0.25) is 0 Å². The van der Waals surface area contributed by atoms with Crippen LogP contribution in [0.1, 0.15) is 18.9 Å². The van der Waals surface area contributed by atoms with Crippen molar-refractivity contribution in [2.24, 2.45) is 0 Å². The van der Waals surface area contributed by atoms with Gasteiger partial charge in [-0.2, -0.15) is 0 Å². The first-order valence-electron chi connectivity index (χ1n) is 9.14. The van der Waals surface area contributed by atoms with Crippen molar-refractivity contribution in [3.05, 3.63) is 64.4 Å². The molecule has 3 aromatic rings. The Morgan fingerprint density at radius 3 is 2.82 bits per heavy atom. The summed E-state index contributed by atoms with van der Waals surface area (Å²) in [7, 11) is 1.61. The molecular weight excluding hydrogens is 374 g/mol. The Labute approximate surface area is 167 Å². The van der Waals surface area contributed by atoms with E-state index < -0.39 is 0 Å². The second-order valence-electron chi connectivity index (χ2n) is 6.29. The topological polar surface area (TPSA) is 73.2 Å². The largest absolute Gasteiger partial charge is 0.497 e. The molecule has 2 aromatic carbocycles. The molecule has 0 radical (unpaired) electrons. The van der Waals surface area contributed by atoms with Crippen molar-refractivity contribution in [3.8, 4) is 5.75 Å². The van der Waals surface area contributed by atoms with Crippen molar-refractivity contribution in [2.75, 3.05) is 12.9 Å². The van der Waals surface area contributed by atoms with Gasteiger partial charge in [-0.15, -0.1) is 0 Å². The van der Waals surface area contributed by atoms with Gasteiger partial charge in [0.2, 0.25) is 5.91 Å². The molecule has 6 nitrogen and oxygen atoms in total. The molecule has 0 aliphatic heterocycles. The minimum absolute atomic E-state index is 0.0632. The molecule has 0 bridgehead atoms. The number of ether oxygens (including phenoxy) is 1. The van der Waals surface area contributed by atoms with Gasteiger partial charge in [0, 0.05) is 13.1 Å². The molecule has 3 rings (SSSR count).